The maximum absolute atomic E-state index is 13.2. The molecule has 0 aromatic carbocycles. The van der Waals surface area contributed by atoms with Gasteiger partial charge in [0.15, 0.2) is 0 Å². The fourth-order valence-electron chi connectivity index (χ4n) is 1.42. The van der Waals surface area contributed by atoms with Gasteiger partial charge in [0, 0.05) is 18.8 Å². The van der Waals surface area contributed by atoms with Crippen LogP contribution in [-0.4, -0.2) is 28.8 Å². The van der Waals surface area contributed by atoms with Crippen LogP contribution in [0.15, 0.2) is 23.6 Å². The number of nitrogens with zero attached hydrogens (tertiary/aromatic N) is 3. The average molecular weight is 328 g/mol. The van der Waals surface area contributed by atoms with Crippen LogP contribution in [0.3, 0.4) is 0 Å². The van der Waals surface area contributed by atoms with Gasteiger partial charge >= 0.3 is 6.03 Å². The lowest BCUT2D eigenvalue weighted by Gasteiger charge is -1.99. The number of thiazole rings is 1. The molecule has 2 N–H and O–H groups in total. The molecule has 0 aliphatic heterocycles. The zero-order chi connectivity index (χ0) is 15.4. The first-order valence-electron chi connectivity index (χ1n) is 5.81. The van der Waals surface area contributed by atoms with Crippen LogP contribution in [0.1, 0.15) is 11.8 Å². The van der Waals surface area contributed by atoms with Crippen LogP contribution in [0.25, 0.3) is 10.6 Å². The number of nitrogens with one attached hydrogen (secondary N) is 2. The molecule has 0 atom stereocenters. The number of hydrogen-bond acceptors (Lipinski definition) is 5. The van der Waals surface area contributed by atoms with Crippen molar-refractivity contribution in [2.45, 2.75) is 6.92 Å². The molecular formula is C12H11ClFN5OS. The number of rotatable bonds is 3. The summed E-state index contributed by atoms with van der Waals surface area (Å²) in [6.45, 7) is 1.68. The molecule has 0 aliphatic rings. The summed E-state index contributed by atoms with van der Waals surface area (Å²) in [5, 5.41) is 7.03. The molecule has 0 saturated heterocycles. The van der Waals surface area contributed by atoms with Crippen molar-refractivity contribution in [3.63, 3.8) is 0 Å². The summed E-state index contributed by atoms with van der Waals surface area (Å²) in [7, 11) is 1.48. The first-order valence-corrected chi connectivity index (χ1v) is 7.00. The van der Waals surface area contributed by atoms with Gasteiger partial charge in [-0.1, -0.05) is 11.6 Å². The molecule has 0 fully saturated rings. The van der Waals surface area contributed by atoms with Crippen molar-refractivity contribution < 1.29 is 9.18 Å². The molecule has 0 spiro atoms. The molecule has 21 heavy (non-hydrogen) atoms. The molecule has 2 amide bonds. The molecule has 0 aliphatic carbocycles. The van der Waals surface area contributed by atoms with Gasteiger partial charge in [0.2, 0.25) is 0 Å². The maximum atomic E-state index is 13.2. The zero-order valence-corrected chi connectivity index (χ0v) is 12.7. The Kier molecular flexibility index (Phi) is 4.81. The van der Waals surface area contributed by atoms with E-state index < -0.39 is 11.8 Å². The van der Waals surface area contributed by atoms with E-state index in [0.29, 0.717) is 21.2 Å². The van der Waals surface area contributed by atoms with Crippen molar-refractivity contribution in [2.75, 3.05) is 7.05 Å². The predicted octanol–water partition coefficient (Wildman–Crippen LogP) is 2.65. The van der Waals surface area contributed by atoms with Crippen LogP contribution in [0.4, 0.5) is 9.18 Å². The average Bonchev–Trinajstić information content (AvgIpc) is 2.86. The number of carbonyl (C=O) groups excluding carboxylic acids is 1. The Morgan fingerprint density at radius 2 is 2.24 bits per heavy atom. The summed E-state index contributed by atoms with van der Waals surface area (Å²) in [5.74, 6) is -0.452. The molecule has 2 rings (SSSR count). The Bertz CT molecular complexity index is 703. The highest BCUT2D eigenvalue weighted by atomic mass is 35.5. The zero-order valence-electron chi connectivity index (χ0n) is 11.1. The Balaban J connectivity index is 2.29. The summed E-state index contributed by atoms with van der Waals surface area (Å²) < 4.78 is 13.2. The molecule has 2 aromatic rings. The molecule has 0 bridgehead atoms. The standard InChI is InChI=1S/C12H11ClFN5OS/c1-6(18-19-12(20)15-2)9-10(13)17-11(21-9)7-3-8(14)5-16-4-7/h3-5H,1-2H3,(H2,15,19,20)/b18-6+. The molecule has 0 radical (unpaired) electrons. The van der Waals surface area contributed by atoms with Crippen LogP contribution in [0, 0.1) is 5.82 Å². The van der Waals surface area contributed by atoms with Crippen LogP contribution in [0.2, 0.25) is 5.15 Å². The monoisotopic (exact) mass is 327 g/mol. The van der Waals surface area contributed by atoms with Crippen molar-refractivity contribution >= 4 is 34.7 Å². The first-order chi connectivity index (χ1) is 10.0. The molecular weight excluding hydrogens is 317 g/mol. The summed E-state index contributed by atoms with van der Waals surface area (Å²) in [6, 6.07) is 0.880. The van der Waals surface area contributed by atoms with Gasteiger partial charge in [-0.3, -0.25) is 4.98 Å². The van der Waals surface area contributed by atoms with E-state index in [1.807, 2.05) is 0 Å². The number of halogens is 2. The van der Waals surface area contributed by atoms with Crippen LogP contribution in [0.5, 0.6) is 0 Å². The van der Waals surface area contributed by atoms with Gasteiger partial charge in [-0.05, 0) is 13.0 Å². The van der Waals surface area contributed by atoms with E-state index in [1.54, 1.807) is 6.92 Å². The minimum absolute atomic E-state index is 0.235. The van der Waals surface area contributed by atoms with Gasteiger partial charge in [-0.15, -0.1) is 11.3 Å². The van der Waals surface area contributed by atoms with Crippen molar-refractivity contribution in [2.24, 2.45) is 5.10 Å². The minimum atomic E-state index is -0.452. The molecule has 9 heteroatoms. The molecule has 110 valence electrons. The van der Waals surface area contributed by atoms with Crippen molar-refractivity contribution in [1.82, 2.24) is 20.7 Å². The second-order valence-corrected chi connectivity index (χ2v) is 5.28. The molecule has 6 nitrogen and oxygen atoms in total. The van der Waals surface area contributed by atoms with E-state index in [0.717, 1.165) is 6.20 Å². The van der Waals surface area contributed by atoms with Gasteiger partial charge in [0.25, 0.3) is 0 Å². The lowest BCUT2D eigenvalue weighted by atomic mass is 10.3. The van der Waals surface area contributed by atoms with Crippen molar-refractivity contribution in [3.05, 3.63) is 34.3 Å². The molecule has 0 saturated carbocycles. The van der Waals surface area contributed by atoms with Gasteiger partial charge < -0.3 is 5.32 Å². The van der Waals surface area contributed by atoms with E-state index >= 15 is 0 Å². The summed E-state index contributed by atoms with van der Waals surface area (Å²) in [5.41, 5.74) is 3.33. The predicted molar refractivity (Wildman–Crippen MR) is 80.1 cm³/mol. The second-order valence-electron chi connectivity index (χ2n) is 3.92. The first kappa shape index (κ1) is 15.3. The summed E-state index contributed by atoms with van der Waals surface area (Å²) >= 11 is 7.29. The molecule has 2 heterocycles. The van der Waals surface area contributed by atoms with Crippen LogP contribution < -0.4 is 10.7 Å². The van der Waals surface area contributed by atoms with E-state index in [2.05, 4.69) is 25.8 Å². The third kappa shape index (κ3) is 3.73. The third-order valence-corrected chi connectivity index (χ3v) is 4.02. The topological polar surface area (TPSA) is 79.3 Å². The van der Waals surface area contributed by atoms with E-state index in [4.69, 9.17) is 11.6 Å². The largest absolute Gasteiger partial charge is 0.340 e. The minimum Gasteiger partial charge on any atom is -0.340 e. The summed E-state index contributed by atoms with van der Waals surface area (Å²) in [6.07, 6.45) is 2.61. The Morgan fingerprint density at radius 3 is 2.90 bits per heavy atom. The smallest absolute Gasteiger partial charge is 0.334 e. The van der Waals surface area contributed by atoms with Crippen LogP contribution >= 0.6 is 22.9 Å². The normalized spacial score (nSPS) is 11.3. The second kappa shape index (κ2) is 6.59. The molecule has 0 unspecified atom stereocenters. The van der Waals surface area contributed by atoms with E-state index in [9.17, 15) is 9.18 Å². The third-order valence-electron chi connectivity index (χ3n) is 2.42. The Labute approximate surface area is 129 Å². The van der Waals surface area contributed by atoms with E-state index in [-0.39, 0.29) is 5.15 Å². The molecule has 2 aromatic heterocycles. The number of carbonyl (C=O) groups is 1. The number of amides is 2. The fourth-order valence-corrected chi connectivity index (χ4v) is 2.69. The number of pyridine rings is 1. The van der Waals surface area contributed by atoms with Gasteiger partial charge in [-0.2, -0.15) is 5.10 Å². The highest BCUT2D eigenvalue weighted by molar-refractivity contribution is 7.17. The lowest BCUT2D eigenvalue weighted by Crippen LogP contribution is -2.29. The number of hydrazone groups is 1. The van der Waals surface area contributed by atoms with Gasteiger partial charge in [0.1, 0.15) is 16.0 Å². The highest BCUT2D eigenvalue weighted by Crippen LogP contribution is 2.31. The highest BCUT2D eigenvalue weighted by Gasteiger charge is 2.14. The fraction of sp³-hybridized carbons (Fsp3) is 0.167. The summed E-state index contributed by atoms with van der Waals surface area (Å²) in [4.78, 5) is 19.6. The van der Waals surface area contributed by atoms with Crippen molar-refractivity contribution in [3.8, 4) is 10.6 Å². The quantitative estimate of drug-likeness (QED) is 0.672. The van der Waals surface area contributed by atoms with E-state index in [1.165, 1.54) is 30.6 Å². The van der Waals surface area contributed by atoms with Gasteiger partial charge in [0.05, 0.1) is 16.8 Å². The SMILES string of the molecule is CNC(=O)N/N=C(\C)c1sc(-c2cncc(F)c2)nc1Cl. The maximum Gasteiger partial charge on any atom is 0.334 e. The van der Waals surface area contributed by atoms with Crippen LogP contribution in [-0.2, 0) is 0 Å². The van der Waals surface area contributed by atoms with Gasteiger partial charge in [-0.25, -0.2) is 19.6 Å². The lowest BCUT2D eigenvalue weighted by molar-refractivity contribution is 0.243. The number of aromatic nitrogens is 2. The van der Waals surface area contributed by atoms with Crippen molar-refractivity contribution in [1.29, 1.82) is 0 Å². The Hall–Kier alpha value is -2.06. The number of hydrogen-bond donors (Lipinski definition) is 2. The number of urea groups is 1. The Morgan fingerprint density at radius 1 is 1.48 bits per heavy atom.